The van der Waals surface area contributed by atoms with Gasteiger partial charge >= 0.3 is 5.97 Å². The molecule has 2 rings (SSSR count). The Hall–Kier alpha value is -1.18. The van der Waals surface area contributed by atoms with E-state index in [1.165, 1.54) is 11.3 Å². The van der Waals surface area contributed by atoms with Gasteiger partial charge in [-0.15, -0.1) is 11.3 Å². The van der Waals surface area contributed by atoms with Gasteiger partial charge in [-0.2, -0.15) is 0 Å². The molecule has 1 aromatic heterocycles. The van der Waals surface area contributed by atoms with Gasteiger partial charge in [0.2, 0.25) is 0 Å². The zero-order valence-corrected chi connectivity index (χ0v) is 10.2. The second-order valence-electron chi connectivity index (χ2n) is 4.06. The molecule has 1 aliphatic carbocycles. The fraction of sp³-hybridized carbons (Fsp3) is 0.600. The number of carboxylic acid groups (broad SMARTS) is 1. The van der Waals surface area contributed by atoms with Crippen LogP contribution in [0.25, 0.3) is 0 Å². The lowest BCUT2D eigenvalue weighted by atomic mass is 9.89. The molecule has 0 radical (unpaired) electrons. The highest BCUT2D eigenvalue weighted by atomic mass is 32.1. The van der Waals surface area contributed by atoms with Crippen molar-refractivity contribution in [2.45, 2.75) is 31.0 Å². The number of thiazole rings is 1. The molecule has 94 valence electrons. The highest BCUT2D eigenvalue weighted by Gasteiger charge is 2.29. The molecular formula is C10H15N3O3S. The van der Waals surface area contributed by atoms with Gasteiger partial charge in [0.05, 0.1) is 11.8 Å². The standard InChI is InChI=1S/C10H15N3O3S/c1-16-6-2-5(3-6)12-10-13-7(4-17-10)8(11)9(14)15/h4-6,8H,2-3,11H2,1H3,(H,12,13)(H,14,15). The van der Waals surface area contributed by atoms with Crippen LogP contribution >= 0.6 is 11.3 Å². The number of hydrogen-bond donors (Lipinski definition) is 3. The summed E-state index contributed by atoms with van der Waals surface area (Å²) in [4.78, 5) is 14.8. The van der Waals surface area contributed by atoms with Gasteiger partial charge in [-0.1, -0.05) is 0 Å². The van der Waals surface area contributed by atoms with E-state index in [-0.39, 0.29) is 0 Å². The first-order valence-corrected chi connectivity index (χ1v) is 6.21. The number of nitrogens with two attached hydrogens (primary N) is 1. The molecule has 17 heavy (non-hydrogen) atoms. The molecule has 0 aromatic carbocycles. The van der Waals surface area contributed by atoms with Crippen molar-refractivity contribution in [3.05, 3.63) is 11.1 Å². The van der Waals surface area contributed by atoms with Gasteiger partial charge in [0.1, 0.15) is 6.04 Å². The van der Waals surface area contributed by atoms with Crippen molar-refractivity contribution < 1.29 is 14.6 Å². The predicted octanol–water partition coefficient (Wildman–Crippen LogP) is 0.817. The molecule has 7 heteroatoms. The van der Waals surface area contributed by atoms with Crippen LogP contribution < -0.4 is 11.1 Å². The first-order valence-electron chi connectivity index (χ1n) is 5.33. The molecular weight excluding hydrogens is 242 g/mol. The van der Waals surface area contributed by atoms with Crippen LogP contribution in [0.2, 0.25) is 0 Å². The fourth-order valence-corrected chi connectivity index (χ4v) is 2.50. The number of anilines is 1. The minimum atomic E-state index is -1.06. The minimum Gasteiger partial charge on any atom is -0.480 e. The molecule has 1 saturated carbocycles. The van der Waals surface area contributed by atoms with Crippen molar-refractivity contribution in [1.29, 1.82) is 0 Å². The summed E-state index contributed by atoms with van der Waals surface area (Å²) in [5.41, 5.74) is 5.86. The Labute approximate surface area is 103 Å². The highest BCUT2D eigenvalue weighted by Crippen LogP contribution is 2.28. The number of nitrogens with one attached hydrogen (secondary N) is 1. The van der Waals surface area contributed by atoms with Gasteiger partial charge in [-0.05, 0) is 12.8 Å². The lowest BCUT2D eigenvalue weighted by molar-refractivity contribution is -0.138. The number of methoxy groups -OCH3 is 1. The van der Waals surface area contributed by atoms with E-state index in [1.54, 1.807) is 12.5 Å². The molecule has 1 atom stereocenters. The average molecular weight is 257 g/mol. The third kappa shape index (κ3) is 2.74. The molecule has 0 amide bonds. The predicted molar refractivity (Wildman–Crippen MR) is 64.1 cm³/mol. The summed E-state index contributed by atoms with van der Waals surface area (Å²) in [5, 5.41) is 14.4. The maximum absolute atomic E-state index is 10.7. The van der Waals surface area contributed by atoms with Gasteiger partial charge < -0.3 is 20.9 Å². The van der Waals surface area contributed by atoms with E-state index in [0.717, 1.165) is 18.0 Å². The Morgan fingerprint density at radius 3 is 3.06 bits per heavy atom. The van der Waals surface area contributed by atoms with Crippen LogP contribution in [0, 0.1) is 0 Å². The molecule has 1 fully saturated rings. The Balaban J connectivity index is 1.89. The number of aliphatic carboxylic acids is 1. The Morgan fingerprint density at radius 2 is 2.47 bits per heavy atom. The first-order chi connectivity index (χ1) is 8.10. The van der Waals surface area contributed by atoms with Crippen LogP contribution in [0.5, 0.6) is 0 Å². The summed E-state index contributed by atoms with van der Waals surface area (Å²) in [5.74, 6) is -1.06. The Morgan fingerprint density at radius 1 is 1.76 bits per heavy atom. The topological polar surface area (TPSA) is 97.5 Å². The molecule has 0 bridgehead atoms. The summed E-state index contributed by atoms with van der Waals surface area (Å²) in [6.45, 7) is 0. The zero-order chi connectivity index (χ0) is 12.4. The number of hydrogen-bond acceptors (Lipinski definition) is 6. The van der Waals surface area contributed by atoms with Gasteiger partial charge in [0.25, 0.3) is 0 Å². The quantitative estimate of drug-likeness (QED) is 0.722. The Bertz CT molecular complexity index is 403. The van der Waals surface area contributed by atoms with Crippen LogP contribution in [0.3, 0.4) is 0 Å². The SMILES string of the molecule is COC1CC(Nc2nc(C(N)C(=O)O)cs2)C1. The van der Waals surface area contributed by atoms with Crippen molar-refractivity contribution in [2.24, 2.45) is 5.73 Å². The summed E-state index contributed by atoms with van der Waals surface area (Å²) in [6, 6.07) is -0.685. The third-order valence-electron chi connectivity index (χ3n) is 2.86. The first kappa shape index (κ1) is 12.3. The van der Waals surface area contributed by atoms with Gasteiger partial charge in [-0.25, -0.2) is 4.98 Å². The van der Waals surface area contributed by atoms with E-state index in [1.807, 2.05) is 0 Å². The lowest BCUT2D eigenvalue weighted by Gasteiger charge is -2.34. The second kappa shape index (κ2) is 4.99. The average Bonchev–Trinajstić information content (AvgIpc) is 2.69. The number of carboxylic acids is 1. The summed E-state index contributed by atoms with van der Waals surface area (Å²) in [6.07, 6.45) is 2.24. The molecule has 1 aromatic rings. The molecule has 1 heterocycles. The minimum absolute atomic E-state index is 0.327. The van der Waals surface area contributed by atoms with Crippen molar-refractivity contribution in [3.63, 3.8) is 0 Å². The Kier molecular flexibility index (Phi) is 3.60. The molecule has 0 saturated heterocycles. The smallest absolute Gasteiger partial charge is 0.326 e. The largest absolute Gasteiger partial charge is 0.480 e. The van der Waals surface area contributed by atoms with Gasteiger partial charge in [0, 0.05) is 18.5 Å². The number of aromatic nitrogens is 1. The molecule has 0 aliphatic heterocycles. The van der Waals surface area contributed by atoms with Crippen LogP contribution in [0.4, 0.5) is 5.13 Å². The highest BCUT2D eigenvalue weighted by molar-refractivity contribution is 7.13. The van der Waals surface area contributed by atoms with Gasteiger partial charge in [-0.3, -0.25) is 4.79 Å². The van der Waals surface area contributed by atoms with Crippen molar-refractivity contribution in [1.82, 2.24) is 4.98 Å². The molecule has 0 spiro atoms. The van der Waals surface area contributed by atoms with E-state index in [2.05, 4.69) is 10.3 Å². The number of rotatable bonds is 5. The van der Waals surface area contributed by atoms with Crippen LogP contribution in [0.1, 0.15) is 24.6 Å². The van der Waals surface area contributed by atoms with Crippen molar-refractivity contribution in [3.8, 4) is 0 Å². The van der Waals surface area contributed by atoms with Crippen molar-refractivity contribution >= 4 is 22.4 Å². The number of ether oxygens (including phenoxy) is 1. The summed E-state index contributed by atoms with van der Waals surface area (Å²) >= 11 is 1.38. The van der Waals surface area contributed by atoms with E-state index in [9.17, 15) is 4.79 Å². The summed E-state index contributed by atoms with van der Waals surface area (Å²) < 4.78 is 5.17. The fourth-order valence-electron chi connectivity index (χ4n) is 1.67. The molecule has 6 nitrogen and oxygen atoms in total. The van der Waals surface area contributed by atoms with E-state index >= 15 is 0 Å². The van der Waals surface area contributed by atoms with E-state index < -0.39 is 12.0 Å². The third-order valence-corrected chi connectivity index (χ3v) is 3.65. The zero-order valence-electron chi connectivity index (χ0n) is 9.42. The normalized spacial score (nSPS) is 25.1. The monoisotopic (exact) mass is 257 g/mol. The number of nitrogens with zero attached hydrogens (tertiary/aromatic N) is 1. The van der Waals surface area contributed by atoms with Crippen molar-refractivity contribution in [2.75, 3.05) is 12.4 Å². The summed E-state index contributed by atoms with van der Waals surface area (Å²) in [7, 11) is 1.70. The van der Waals surface area contributed by atoms with E-state index in [4.69, 9.17) is 15.6 Å². The van der Waals surface area contributed by atoms with E-state index in [0.29, 0.717) is 17.8 Å². The molecule has 1 unspecified atom stereocenters. The maximum atomic E-state index is 10.7. The molecule has 1 aliphatic rings. The van der Waals surface area contributed by atoms with Crippen LogP contribution in [-0.2, 0) is 9.53 Å². The lowest BCUT2D eigenvalue weighted by Crippen LogP contribution is -2.40. The van der Waals surface area contributed by atoms with Crippen LogP contribution in [0.15, 0.2) is 5.38 Å². The number of carbonyl (C=O) groups is 1. The maximum Gasteiger partial charge on any atom is 0.326 e. The van der Waals surface area contributed by atoms with Crippen LogP contribution in [-0.4, -0.2) is 35.3 Å². The second-order valence-corrected chi connectivity index (χ2v) is 4.92. The van der Waals surface area contributed by atoms with Gasteiger partial charge in [0.15, 0.2) is 5.13 Å². The molecule has 4 N–H and O–H groups in total.